The summed E-state index contributed by atoms with van der Waals surface area (Å²) in [6, 6.07) is 7.48. The zero-order valence-corrected chi connectivity index (χ0v) is 21.9. The largest absolute Gasteiger partial charge is 0.481 e. The molecule has 2 aliphatic carbocycles. The Morgan fingerprint density at radius 1 is 1.23 bits per heavy atom. The van der Waals surface area contributed by atoms with Crippen LogP contribution in [0.3, 0.4) is 0 Å². The Morgan fingerprint density at radius 3 is 2.57 bits per heavy atom. The average molecular weight is 584 g/mol. The number of amides is 1. The van der Waals surface area contributed by atoms with Crippen LogP contribution >= 0.6 is 22.6 Å². The van der Waals surface area contributed by atoms with Gasteiger partial charge in [0.05, 0.1) is 23.2 Å². The molecule has 0 radical (unpaired) electrons. The summed E-state index contributed by atoms with van der Waals surface area (Å²) in [5, 5.41) is 9.22. The third-order valence-corrected chi connectivity index (χ3v) is 8.14. The number of hydrogen-bond acceptors (Lipinski definition) is 4. The second kappa shape index (κ2) is 8.82. The molecule has 1 amide bonds. The van der Waals surface area contributed by atoms with Crippen LogP contribution in [0.4, 0.5) is 11.5 Å². The van der Waals surface area contributed by atoms with Crippen molar-refractivity contribution in [2.24, 2.45) is 13.0 Å². The number of carboxylic acids is 1. The van der Waals surface area contributed by atoms with Crippen molar-refractivity contribution in [3.05, 3.63) is 49.3 Å². The Bertz CT molecular complexity index is 1500. The van der Waals surface area contributed by atoms with Crippen molar-refractivity contribution in [2.75, 3.05) is 4.90 Å². The van der Waals surface area contributed by atoms with E-state index in [1.807, 2.05) is 13.0 Å². The number of carbonyl (C=O) groups excluding carboxylic acids is 1. The predicted octanol–water partition coefficient (Wildman–Crippen LogP) is 4.25. The number of halogens is 1. The molecule has 0 bridgehead atoms. The van der Waals surface area contributed by atoms with Crippen LogP contribution in [0.15, 0.2) is 29.1 Å². The second-order valence-corrected chi connectivity index (χ2v) is 10.5. The molecule has 5 rings (SSSR count). The molecule has 2 aromatic heterocycles. The molecule has 2 aliphatic rings. The number of fused-ring (bicyclic) bond motifs is 1. The summed E-state index contributed by atoms with van der Waals surface area (Å²) in [4.78, 5) is 44.0. The number of nitrogens with zero attached hydrogens (tertiary/aromatic N) is 4. The molecule has 8 nitrogen and oxygen atoms in total. The van der Waals surface area contributed by atoms with Gasteiger partial charge in [-0.3, -0.25) is 24.0 Å². The van der Waals surface area contributed by atoms with Gasteiger partial charge >= 0.3 is 11.9 Å². The van der Waals surface area contributed by atoms with E-state index >= 15 is 0 Å². The van der Waals surface area contributed by atoms with Gasteiger partial charge in [0, 0.05) is 10.6 Å². The summed E-state index contributed by atoms with van der Waals surface area (Å²) < 4.78 is 4.46. The summed E-state index contributed by atoms with van der Waals surface area (Å²) in [6.45, 7) is 3.62. The highest BCUT2D eigenvalue weighted by Crippen LogP contribution is 2.47. The Labute approximate surface area is 216 Å². The lowest BCUT2D eigenvalue weighted by Crippen LogP contribution is -2.38. The van der Waals surface area contributed by atoms with Crippen LogP contribution < -0.4 is 10.5 Å². The standard InChI is InChI=1S/C26H25IN4O4/c1-4-5-23(32)30(21-10-14(2)19(27)13-18(21)15-6-7-15)22-9-8-20-24(28-22)25(33)31(29(20)3)17-11-16(12-17)26(34)35/h8-10,13,15-17H,6-7,11-12H2,1-3H3,(H,34,35)/t16-,17-. The van der Waals surface area contributed by atoms with E-state index in [1.165, 1.54) is 4.90 Å². The van der Waals surface area contributed by atoms with Crippen molar-refractivity contribution < 1.29 is 14.7 Å². The highest BCUT2D eigenvalue weighted by molar-refractivity contribution is 14.1. The zero-order valence-electron chi connectivity index (χ0n) is 19.7. The number of carboxylic acid groups (broad SMARTS) is 1. The van der Waals surface area contributed by atoms with E-state index in [0.29, 0.717) is 30.1 Å². The van der Waals surface area contributed by atoms with Crippen molar-refractivity contribution >= 4 is 57.0 Å². The monoisotopic (exact) mass is 584 g/mol. The van der Waals surface area contributed by atoms with Crippen LogP contribution in [0.25, 0.3) is 11.0 Å². The van der Waals surface area contributed by atoms with Crippen LogP contribution in [-0.2, 0) is 16.6 Å². The molecule has 9 heteroatoms. The van der Waals surface area contributed by atoms with Crippen LogP contribution in [0.1, 0.15) is 55.7 Å². The van der Waals surface area contributed by atoms with Crippen molar-refractivity contribution in [1.29, 1.82) is 0 Å². The van der Waals surface area contributed by atoms with Gasteiger partial charge in [0.25, 0.3) is 5.56 Å². The highest BCUT2D eigenvalue weighted by Gasteiger charge is 2.38. The highest BCUT2D eigenvalue weighted by atomic mass is 127. The van der Waals surface area contributed by atoms with E-state index in [2.05, 4.69) is 45.5 Å². The molecule has 3 aromatic rings. The van der Waals surface area contributed by atoms with Gasteiger partial charge in [-0.05, 0) is 109 Å². The van der Waals surface area contributed by atoms with Crippen LogP contribution in [0, 0.1) is 28.3 Å². The Kier molecular flexibility index (Phi) is 5.95. The molecule has 2 saturated carbocycles. The first-order valence-corrected chi connectivity index (χ1v) is 12.7. The molecule has 0 spiro atoms. The normalized spacial score (nSPS) is 19.1. The number of aliphatic carboxylic acids is 1. The van der Waals surface area contributed by atoms with Crippen molar-refractivity contribution in [2.45, 2.75) is 51.5 Å². The minimum atomic E-state index is -0.834. The lowest BCUT2D eigenvalue weighted by molar-refractivity contribution is -0.146. The average Bonchev–Trinajstić information content (AvgIpc) is 3.59. The number of anilines is 2. The first-order valence-electron chi connectivity index (χ1n) is 11.6. The first-order chi connectivity index (χ1) is 16.7. The van der Waals surface area contributed by atoms with E-state index in [9.17, 15) is 19.5 Å². The van der Waals surface area contributed by atoms with Gasteiger partial charge in [0.15, 0.2) is 5.52 Å². The van der Waals surface area contributed by atoms with Crippen molar-refractivity contribution in [3.8, 4) is 11.8 Å². The van der Waals surface area contributed by atoms with Gasteiger partial charge in [-0.25, -0.2) is 9.67 Å². The zero-order chi connectivity index (χ0) is 25.0. The number of benzene rings is 1. The molecule has 0 saturated heterocycles. The van der Waals surface area contributed by atoms with Crippen LogP contribution in [0.5, 0.6) is 0 Å². The molecule has 180 valence electrons. The molecule has 35 heavy (non-hydrogen) atoms. The lowest BCUT2D eigenvalue weighted by atomic mass is 9.80. The minimum absolute atomic E-state index is 0.185. The number of aromatic nitrogens is 3. The molecule has 2 fully saturated rings. The Balaban J connectivity index is 1.64. The van der Waals surface area contributed by atoms with Gasteiger partial charge in [0.2, 0.25) is 0 Å². The first kappa shape index (κ1) is 23.6. The van der Waals surface area contributed by atoms with Gasteiger partial charge in [-0.2, -0.15) is 0 Å². The third kappa shape index (κ3) is 4.03. The molecule has 2 heterocycles. The maximum absolute atomic E-state index is 13.4. The smallest absolute Gasteiger partial charge is 0.308 e. The summed E-state index contributed by atoms with van der Waals surface area (Å²) in [7, 11) is 1.78. The quantitative estimate of drug-likeness (QED) is 0.358. The fourth-order valence-corrected chi connectivity index (χ4v) is 5.33. The minimum Gasteiger partial charge on any atom is -0.481 e. The van der Waals surface area contributed by atoms with E-state index in [1.54, 1.807) is 35.5 Å². The number of aryl methyl sites for hydroxylation is 2. The van der Waals surface area contributed by atoms with Gasteiger partial charge in [-0.15, -0.1) is 0 Å². The Hall–Kier alpha value is -3.13. The summed E-state index contributed by atoms with van der Waals surface area (Å²) in [6.07, 6.45) is 2.97. The van der Waals surface area contributed by atoms with E-state index in [4.69, 9.17) is 0 Å². The molecular weight excluding hydrogens is 559 g/mol. The number of pyridine rings is 1. The van der Waals surface area contributed by atoms with E-state index < -0.39 is 17.8 Å². The number of hydrogen-bond donors (Lipinski definition) is 1. The van der Waals surface area contributed by atoms with E-state index in [-0.39, 0.29) is 17.1 Å². The van der Waals surface area contributed by atoms with Crippen molar-refractivity contribution in [1.82, 2.24) is 14.3 Å². The molecule has 0 aliphatic heterocycles. The van der Waals surface area contributed by atoms with E-state index in [0.717, 1.165) is 33.2 Å². The Morgan fingerprint density at radius 2 is 1.94 bits per heavy atom. The number of carbonyl (C=O) groups is 2. The molecular formula is C26H25IN4O4. The fourth-order valence-electron chi connectivity index (χ4n) is 4.84. The lowest BCUT2D eigenvalue weighted by Gasteiger charge is -2.33. The second-order valence-electron chi connectivity index (χ2n) is 9.32. The predicted molar refractivity (Wildman–Crippen MR) is 141 cm³/mol. The van der Waals surface area contributed by atoms with Gasteiger partial charge in [0.1, 0.15) is 5.82 Å². The SMILES string of the molecule is CC#CC(=O)N(c1ccc2c(n1)c(=O)n([C@H]1C[C@H](C(=O)O)C1)n2C)c1cc(C)c(I)cc1C1CC1. The van der Waals surface area contributed by atoms with Crippen molar-refractivity contribution in [3.63, 3.8) is 0 Å². The van der Waals surface area contributed by atoms with Crippen LogP contribution in [-0.4, -0.2) is 31.3 Å². The maximum atomic E-state index is 13.4. The third-order valence-electron chi connectivity index (χ3n) is 6.98. The topological polar surface area (TPSA) is 97.4 Å². The van der Waals surface area contributed by atoms with Crippen LogP contribution in [0.2, 0.25) is 0 Å². The molecule has 1 N–H and O–H groups in total. The van der Waals surface area contributed by atoms with Gasteiger partial charge < -0.3 is 5.11 Å². The molecule has 0 unspecified atom stereocenters. The maximum Gasteiger partial charge on any atom is 0.308 e. The number of rotatable bonds is 5. The summed E-state index contributed by atoms with van der Waals surface area (Å²) >= 11 is 2.31. The molecule has 1 aromatic carbocycles. The summed E-state index contributed by atoms with van der Waals surface area (Å²) in [5.41, 5.74) is 3.49. The summed E-state index contributed by atoms with van der Waals surface area (Å²) in [5.74, 6) is 4.41. The van der Waals surface area contributed by atoms with Gasteiger partial charge in [-0.1, -0.05) is 5.92 Å². The molecule has 0 atom stereocenters. The fraction of sp³-hybridized carbons (Fsp3) is 0.385.